The summed E-state index contributed by atoms with van der Waals surface area (Å²) in [7, 11) is 0. The molecule has 0 bridgehead atoms. The summed E-state index contributed by atoms with van der Waals surface area (Å²) in [6, 6.07) is 5.61. The quantitative estimate of drug-likeness (QED) is 0.944. The van der Waals surface area contributed by atoms with Crippen LogP contribution in [0, 0.1) is 6.92 Å². The molecule has 3 rings (SSSR count). The van der Waals surface area contributed by atoms with Crippen LogP contribution in [0.2, 0.25) is 0 Å². The Morgan fingerprint density at radius 3 is 2.95 bits per heavy atom. The Morgan fingerprint density at radius 1 is 1.32 bits per heavy atom. The summed E-state index contributed by atoms with van der Waals surface area (Å²) in [5.41, 5.74) is 4.55. The normalized spacial score (nSPS) is 15.0. The highest BCUT2D eigenvalue weighted by Crippen LogP contribution is 2.22. The first kappa shape index (κ1) is 14.7. The number of ether oxygens (including phenoxy) is 1. The molecule has 2 heterocycles. The molecule has 1 aliphatic rings. The number of fused-ring (bicyclic) bond motifs is 1. The Labute approximate surface area is 129 Å². The average Bonchev–Trinajstić information content (AvgIpc) is 2.54. The van der Waals surface area contributed by atoms with E-state index in [0.29, 0.717) is 13.2 Å². The number of hydrogen-bond acceptors (Lipinski definition) is 4. The van der Waals surface area contributed by atoms with Crippen LogP contribution in [0.5, 0.6) is 0 Å². The van der Waals surface area contributed by atoms with Crippen LogP contribution in [0.4, 0.5) is 0 Å². The minimum atomic E-state index is -0.183. The maximum Gasteiger partial charge on any atom is 0.252 e. The van der Waals surface area contributed by atoms with E-state index in [4.69, 9.17) is 4.74 Å². The number of aromatic nitrogens is 2. The van der Waals surface area contributed by atoms with Crippen LogP contribution in [-0.4, -0.2) is 22.5 Å². The molecule has 1 amide bonds. The highest BCUT2D eigenvalue weighted by atomic mass is 16.5. The van der Waals surface area contributed by atoms with Crippen molar-refractivity contribution in [2.45, 2.75) is 32.9 Å². The second-order valence-corrected chi connectivity index (χ2v) is 5.47. The van der Waals surface area contributed by atoms with Crippen LogP contribution in [-0.2, 0) is 17.8 Å². The second kappa shape index (κ2) is 6.23. The molecule has 1 aromatic carbocycles. The van der Waals surface area contributed by atoms with Gasteiger partial charge in [0.05, 0.1) is 30.6 Å². The van der Waals surface area contributed by atoms with E-state index in [-0.39, 0.29) is 11.9 Å². The molecule has 5 nitrogen and oxygen atoms in total. The summed E-state index contributed by atoms with van der Waals surface area (Å²) >= 11 is 0. The molecule has 1 N–H and O–H groups in total. The minimum absolute atomic E-state index is 0.0729. The van der Waals surface area contributed by atoms with Gasteiger partial charge in [0.25, 0.3) is 5.91 Å². The monoisotopic (exact) mass is 297 g/mol. The van der Waals surface area contributed by atoms with Crippen molar-refractivity contribution in [3.63, 3.8) is 0 Å². The molecule has 22 heavy (non-hydrogen) atoms. The zero-order valence-corrected chi connectivity index (χ0v) is 12.8. The Hall–Kier alpha value is -2.27. The predicted molar refractivity (Wildman–Crippen MR) is 82.5 cm³/mol. The van der Waals surface area contributed by atoms with Gasteiger partial charge < -0.3 is 10.1 Å². The number of amides is 1. The standard InChI is InChI=1S/C17H19N3O2/c1-11-16(19-8-7-18-11)12(2)20-17(21)15-5-3-4-13-10-22-9-6-14(13)15/h3-5,7-8,12H,6,9-10H2,1-2H3,(H,20,21)/t12-/m0/s1. The fourth-order valence-corrected chi connectivity index (χ4v) is 2.82. The van der Waals surface area contributed by atoms with Gasteiger partial charge in [-0.25, -0.2) is 0 Å². The highest BCUT2D eigenvalue weighted by molar-refractivity contribution is 5.96. The van der Waals surface area contributed by atoms with Crippen molar-refractivity contribution in [2.75, 3.05) is 6.61 Å². The number of carbonyl (C=O) groups is 1. The van der Waals surface area contributed by atoms with E-state index < -0.39 is 0 Å². The number of carbonyl (C=O) groups excluding carboxylic acids is 1. The van der Waals surface area contributed by atoms with Gasteiger partial charge in [-0.15, -0.1) is 0 Å². The van der Waals surface area contributed by atoms with E-state index in [9.17, 15) is 4.79 Å². The van der Waals surface area contributed by atoms with Crippen molar-refractivity contribution in [1.29, 1.82) is 0 Å². The maximum absolute atomic E-state index is 12.6. The van der Waals surface area contributed by atoms with Crippen molar-refractivity contribution >= 4 is 5.91 Å². The summed E-state index contributed by atoms with van der Waals surface area (Å²) in [6.07, 6.45) is 4.07. The zero-order chi connectivity index (χ0) is 15.5. The topological polar surface area (TPSA) is 64.1 Å². The van der Waals surface area contributed by atoms with Crippen molar-refractivity contribution in [3.8, 4) is 0 Å². The first-order chi connectivity index (χ1) is 10.7. The smallest absolute Gasteiger partial charge is 0.252 e. The summed E-state index contributed by atoms with van der Waals surface area (Å²) in [4.78, 5) is 21.1. The van der Waals surface area contributed by atoms with E-state index in [2.05, 4.69) is 15.3 Å². The molecule has 0 saturated carbocycles. The van der Waals surface area contributed by atoms with Gasteiger partial charge in [-0.3, -0.25) is 14.8 Å². The van der Waals surface area contributed by atoms with Gasteiger partial charge in [-0.1, -0.05) is 12.1 Å². The van der Waals surface area contributed by atoms with Gasteiger partial charge in [0.1, 0.15) is 0 Å². The molecule has 1 aromatic heterocycles. The first-order valence-electron chi connectivity index (χ1n) is 7.43. The second-order valence-electron chi connectivity index (χ2n) is 5.47. The molecule has 5 heteroatoms. The average molecular weight is 297 g/mol. The van der Waals surface area contributed by atoms with E-state index in [1.165, 1.54) is 0 Å². The Morgan fingerprint density at radius 2 is 2.14 bits per heavy atom. The molecule has 1 aliphatic heterocycles. The van der Waals surface area contributed by atoms with E-state index in [0.717, 1.165) is 34.5 Å². The van der Waals surface area contributed by atoms with Crippen LogP contribution in [0.25, 0.3) is 0 Å². The fraction of sp³-hybridized carbons (Fsp3) is 0.353. The summed E-state index contributed by atoms with van der Waals surface area (Å²) < 4.78 is 5.45. The van der Waals surface area contributed by atoms with Gasteiger partial charge in [0.15, 0.2) is 0 Å². The van der Waals surface area contributed by atoms with E-state index in [1.807, 2.05) is 32.0 Å². The SMILES string of the molecule is Cc1nccnc1[C@H](C)NC(=O)c1cccc2c1CCOC2. The van der Waals surface area contributed by atoms with Gasteiger partial charge >= 0.3 is 0 Å². The van der Waals surface area contributed by atoms with Crippen LogP contribution < -0.4 is 5.32 Å². The summed E-state index contributed by atoms with van der Waals surface area (Å²) in [6.45, 7) is 5.06. The zero-order valence-electron chi connectivity index (χ0n) is 12.8. The van der Waals surface area contributed by atoms with Crippen LogP contribution in [0.3, 0.4) is 0 Å². The molecule has 0 radical (unpaired) electrons. The van der Waals surface area contributed by atoms with Crippen molar-refractivity contribution in [3.05, 3.63) is 58.7 Å². The first-order valence-corrected chi connectivity index (χ1v) is 7.43. The third kappa shape index (κ3) is 2.85. The number of aryl methyl sites for hydroxylation is 1. The minimum Gasteiger partial charge on any atom is -0.376 e. The largest absolute Gasteiger partial charge is 0.376 e. The molecular weight excluding hydrogens is 278 g/mol. The number of benzene rings is 1. The molecule has 0 aliphatic carbocycles. The summed E-state index contributed by atoms with van der Waals surface area (Å²) in [5, 5.41) is 3.02. The number of rotatable bonds is 3. The van der Waals surface area contributed by atoms with Crippen molar-refractivity contribution in [1.82, 2.24) is 15.3 Å². The van der Waals surface area contributed by atoms with Gasteiger partial charge in [0, 0.05) is 18.0 Å². The van der Waals surface area contributed by atoms with Crippen LogP contribution in [0.1, 0.15) is 45.8 Å². The molecular formula is C17H19N3O2. The fourth-order valence-electron chi connectivity index (χ4n) is 2.82. The predicted octanol–water partition coefficient (Wildman–Crippen LogP) is 2.35. The lowest BCUT2D eigenvalue weighted by atomic mass is 9.96. The highest BCUT2D eigenvalue weighted by Gasteiger charge is 2.20. The third-order valence-electron chi connectivity index (χ3n) is 3.95. The molecule has 0 saturated heterocycles. The van der Waals surface area contributed by atoms with Crippen molar-refractivity contribution < 1.29 is 9.53 Å². The van der Waals surface area contributed by atoms with Gasteiger partial charge in [-0.2, -0.15) is 0 Å². The van der Waals surface area contributed by atoms with Crippen LogP contribution >= 0.6 is 0 Å². The molecule has 1 atom stereocenters. The number of nitrogens with zero attached hydrogens (tertiary/aromatic N) is 2. The Bertz CT molecular complexity index is 700. The third-order valence-corrected chi connectivity index (χ3v) is 3.95. The molecule has 114 valence electrons. The maximum atomic E-state index is 12.6. The van der Waals surface area contributed by atoms with Crippen molar-refractivity contribution in [2.24, 2.45) is 0 Å². The van der Waals surface area contributed by atoms with E-state index >= 15 is 0 Å². The van der Waals surface area contributed by atoms with E-state index in [1.54, 1.807) is 12.4 Å². The lowest BCUT2D eigenvalue weighted by Crippen LogP contribution is -2.29. The molecule has 0 fully saturated rings. The lowest BCUT2D eigenvalue weighted by Gasteiger charge is -2.21. The van der Waals surface area contributed by atoms with Crippen LogP contribution in [0.15, 0.2) is 30.6 Å². The molecule has 0 spiro atoms. The number of hydrogen-bond donors (Lipinski definition) is 1. The molecule has 0 unspecified atom stereocenters. The summed E-state index contributed by atoms with van der Waals surface area (Å²) in [5.74, 6) is -0.0729. The lowest BCUT2D eigenvalue weighted by molar-refractivity contribution is 0.0927. The van der Waals surface area contributed by atoms with Gasteiger partial charge in [-0.05, 0) is 37.5 Å². The Balaban J connectivity index is 1.82. The Kier molecular flexibility index (Phi) is 4.15. The van der Waals surface area contributed by atoms with Gasteiger partial charge in [0.2, 0.25) is 0 Å². The number of nitrogens with one attached hydrogen (secondary N) is 1. The molecule has 2 aromatic rings.